The first-order valence-electron chi connectivity index (χ1n) is 9.77. The second-order valence-corrected chi connectivity index (χ2v) is 9.15. The Morgan fingerprint density at radius 2 is 1.83 bits per heavy atom. The van der Waals surface area contributed by atoms with Gasteiger partial charge in [0.1, 0.15) is 5.69 Å². The van der Waals surface area contributed by atoms with Crippen molar-refractivity contribution in [3.8, 4) is 0 Å². The third-order valence-corrected chi connectivity index (χ3v) is 7.05. The highest BCUT2D eigenvalue weighted by Crippen LogP contribution is 2.22. The second-order valence-electron chi connectivity index (χ2n) is 7.21. The number of aromatic nitrogens is 2. The van der Waals surface area contributed by atoms with Gasteiger partial charge in [-0.3, -0.25) is 9.59 Å². The van der Waals surface area contributed by atoms with E-state index in [9.17, 15) is 22.8 Å². The highest BCUT2D eigenvalue weighted by molar-refractivity contribution is 7.89. The van der Waals surface area contributed by atoms with Crippen LogP contribution in [-0.4, -0.2) is 53.7 Å². The molecule has 9 nitrogen and oxygen atoms in total. The van der Waals surface area contributed by atoms with Crippen molar-refractivity contribution in [2.75, 3.05) is 19.7 Å². The van der Waals surface area contributed by atoms with Gasteiger partial charge >= 0.3 is 5.97 Å². The molecule has 0 radical (unpaired) electrons. The zero-order valence-electron chi connectivity index (χ0n) is 17.2. The third-order valence-electron chi connectivity index (χ3n) is 5.17. The molecule has 1 aliphatic heterocycles. The number of esters is 1. The molecule has 2 aromatic heterocycles. The van der Waals surface area contributed by atoms with E-state index < -0.39 is 27.3 Å². The first kappa shape index (κ1) is 22.0. The van der Waals surface area contributed by atoms with Gasteiger partial charge in [-0.2, -0.15) is 4.31 Å². The summed E-state index contributed by atoms with van der Waals surface area (Å²) >= 11 is 0. The lowest BCUT2D eigenvalue weighted by atomic mass is 10.1. The summed E-state index contributed by atoms with van der Waals surface area (Å²) in [5, 5.41) is 0. The number of ketones is 1. The van der Waals surface area contributed by atoms with E-state index in [4.69, 9.17) is 4.74 Å². The van der Waals surface area contributed by atoms with Crippen LogP contribution in [0.15, 0.2) is 28.0 Å². The second kappa shape index (κ2) is 8.57. The minimum Gasteiger partial charge on any atom is -0.461 e. The molecule has 1 N–H and O–H groups in total. The maximum absolute atomic E-state index is 12.9. The van der Waals surface area contributed by atoms with Crippen molar-refractivity contribution in [3.63, 3.8) is 0 Å². The number of hydrogen-bond acceptors (Lipinski definition) is 6. The zero-order valence-corrected chi connectivity index (χ0v) is 18.0. The molecular weight excluding hydrogens is 410 g/mol. The first-order chi connectivity index (χ1) is 14.2. The number of aryl methyl sites for hydroxylation is 1. The Morgan fingerprint density at radius 3 is 2.47 bits per heavy atom. The average Bonchev–Trinajstić information content (AvgIpc) is 3.32. The van der Waals surface area contributed by atoms with E-state index in [2.05, 4.69) is 4.98 Å². The standard InChI is InChI=1S/C20H25N3O6S/c1-4-29-20(26)19-13(2)18(14(3)21-19)16(24)12-22-11-15(7-8-17(22)25)30(27,28)23-9-5-6-10-23/h7-8,11,21H,4-6,9-10,12H2,1-3H3. The molecule has 1 fully saturated rings. The highest BCUT2D eigenvalue weighted by Gasteiger charge is 2.28. The van der Waals surface area contributed by atoms with Crippen molar-refractivity contribution in [1.29, 1.82) is 0 Å². The summed E-state index contributed by atoms with van der Waals surface area (Å²) in [5.41, 5.74) is 0.910. The van der Waals surface area contributed by atoms with Crippen LogP contribution in [0, 0.1) is 13.8 Å². The Bertz CT molecular complexity index is 1140. The zero-order chi connectivity index (χ0) is 22.1. The molecule has 2 aromatic rings. The van der Waals surface area contributed by atoms with Gasteiger partial charge in [0, 0.05) is 36.6 Å². The molecule has 30 heavy (non-hydrogen) atoms. The molecule has 0 spiro atoms. The lowest BCUT2D eigenvalue weighted by Crippen LogP contribution is -2.30. The summed E-state index contributed by atoms with van der Waals surface area (Å²) in [7, 11) is -3.71. The Morgan fingerprint density at radius 1 is 1.17 bits per heavy atom. The van der Waals surface area contributed by atoms with Crippen LogP contribution in [0.3, 0.4) is 0 Å². The molecule has 0 aromatic carbocycles. The Kier molecular flexibility index (Phi) is 6.27. The summed E-state index contributed by atoms with van der Waals surface area (Å²) in [4.78, 5) is 40.1. The first-order valence-corrected chi connectivity index (χ1v) is 11.2. The molecule has 1 aliphatic rings. The van der Waals surface area contributed by atoms with Crippen LogP contribution >= 0.6 is 0 Å². The van der Waals surface area contributed by atoms with E-state index in [-0.39, 0.29) is 29.3 Å². The van der Waals surface area contributed by atoms with Crippen molar-refractivity contribution < 1.29 is 22.7 Å². The number of carbonyl (C=O) groups is 2. The van der Waals surface area contributed by atoms with Gasteiger partial charge in [-0.15, -0.1) is 0 Å². The van der Waals surface area contributed by atoms with Gasteiger partial charge in [0.25, 0.3) is 5.56 Å². The molecule has 1 saturated heterocycles. The van der Waals surface area contributed by atoms with Gasteiger partial charge in [-0.1, -0.05) is 0 Å². The molecule has 0 unspecified atom stereocenters. The van der Waals surface area contributed by atoms with E-state index in [1.165, 1.54) is 16.6 Å². The Hall–Kier alpha value is -2.72. The maximum atomic E-state index is 12.9. The van der Waals surface area contributed by atoms with Gasteiger partial charge in [0.2, 0.25) is 10.0 Å². The number of rotatable bonds is 7. The van der Waals surface area contributed by atoms with Gasteiger partial charge in [0.15, 0.2) is 5.78 Å². The monoisotopic (exact) mass is 435 g/mol. The Balaban J connectivity index is 1.91. The lowest BCUT2D eigenvalue weighted by Gasteiger charge is -2.16. The van der Waals surface area contributed by atoms with Gasteiger partial charge in [0.05, 0.1) is 18.0 Å². The molecular formula is C20H25N3O6S. The molecule has 0 atom stereocenters. The molecule has 3 rings (SSSR count). The summed E-state index contributed by atoms with van der Waals surface area (Å²) < 4.78 is 33.0. The minimum absolute atomic E-state index is 0.0217. The average molecular weight is 436 g/mol. The molecule has 0 saturated carbocycles. The fraction of sp³-hybridized carbons (Fsp3) is 0.450. The molecule has 3 heterocycles. The molecule has 0 amide bonds. The van der Waals surface area contributed by atoms with Gasteiger partial charge < -0.3 is 14.3 Å². The lowest BCUT2D eigenvalue weighted by molar-refractivity contribution is 0.0519. The van der Waals surface area contributed by atoms with E-state index in [0.29, 0.717) is 24.3 Å². The molecule has 10 heteroatoms. The predicted octanol–water partition coefficient (Wildman–Crippen LogP) is 1.64. The van der Waals surface area contributed by atoms with Gasteiger partial charge in [-0.25, -0.2) is 13.2 Å². The number of hydrogen-bond donors (Lipinski definition) is 1. The molecule has 0 bridgehead atoms. The number of pyridine rings is 1. The Labute approximate surface area is 174 Å². The number of Topliss-reactive ketones (excluding diaryl/α,β-unsaturated/α-hetero) is 1. The minimum atomic E-state index is -3.71. The number of aromatic amines is 1. The summed E-state index contributed by atoms with van der Waals surface area (Å²) in [6.07, 6.45) is 2.80. The van der Waals surface area contributed by atoms with Crippen molar-refractivity contribution in [2.24, 2.45) is 0 Å². The smallest absolute Gasteiger partial charge is 0.355 e. The summed E-state index contributed by atoms with van der Waals surface area (Å²) in [6, 6.07) is 2.42. The van der Waals surface area contributed by atoms with E-state index in [1.54, 1.807) is 20.8 Å². The summed E-state index contributed by atoms with van der Waals surface area (Å²) in [6.45, 7) is 5.71. The van der Waals surface area contributed by atoms with Crippen LogP contribution < -0.4 is 5.56 Å². The normalized spacial score (nSPS) is 14.8. The van der Waals surface area contributed by atoms with Crippen LogP contribution in [0.2, 0.25) is 0 Å². The number of carbonyl (C=O) groups excluding carboxylic acids is 2. The van der Waals surface area contributed by atoms with Crippen LogP contribution in [0.1, 0.15) is 51.9 Å². The van der Waals surface area contributed by atoms with E-state index >= 15 is 0 Å². The maximum Gasteiger partial charge on any atom is 0.355 e. The fourth-order valence-corrected chi connectivity index (χ4v) is 5.21. The van der Waals surface area contributed by atoms with Crippen LogP contribution in [0.5, 0.6) is 0 Å². The van der Waals surface area contributed by atoms with Gasteiger partial charge in [-0.05, 0) is 45.2 Å². The van der Waals surface area contributed by atoms with Crippen molar-refractivity contribution in [2.45, 2.75) is 45.1 Å². The van der Waals surface area contributed by atoms with E-state index in [1.807, 2.05) is 0 Å². The van der Waals surface area contributed by atoms with Crippen molar-refractivity contribution >= 4 is 21.8 Å². The highest BCUT2D eigenvalue weighted by atomic mass is 32.2. The quantitative estimate of drug-likeness (QED) is 0.522. The van der Waals surface area contributed by atoms with Crippen molar-refractivity contribution in [1.82, 2.24) is 13.9 Å². The number of nitrogens with zero attached hydrogens (tertiary/aromatic N) is 2. The largest absolute Gasteiger partial charge is 0.461 e. The third kappa shape index (κ3) is 4.10. The molecule has 0 aliphatic carbocycles. The van der Waals surface area contributed by atoms with Crippen LogP contribution in [-0.2, 0) is 21.3 Å². The number of nitrogens with one attached hydrogen (secondary N) is 1. The fourth-order valence-electron chi connectivity index (χ4n) is 3.67. The SMILES string of the molecule is CCOC(=O)c1[nH]c(C)c(C(=O)Cn2cc(S(=O)(=O)N3CCCC3)ccc2=O)c1C. The number of ether oxygens (including phenoxy) is 1. The predicted molar refractivity (Wildman–Crippen MR) is 109 cm³/mol. The van der Waals surface area contributed by atoms with Crippen molar-refractivity contribution in [3.05, 3.63) is 51.2 Å². The summed E-state index contributed by atoms with van der Waals surface area (Å²) in [5.74, 6) is -0.970. The van der Waals surface area contributed by atoms with Crippen LogP contribution in [0.25, 0.3) is 0 Å². The van der Waals surface area contributed by atoms with Crippen LogP contribution in [0.4, 0.5) is 0 Å². The number of H-pyrrole nitrogens is 1. The topological polar surface area (TPSA) is 119 Å². The number of sulfonamides is 1. The molecule has 162 valence electrons. The van der Waals surface area contributed by atoms with E-state index in [0.717, 1.165) is 23.5 Å².